The van der Waals surface area contributed by atoms with Gasteiger partial charge < -0.3 is 9.30 Å². The average molecular weight is 440 g/mol. The van der Waals surface area contributed by atoms with E-state index >= 15 is 0 Å². The van der Waals surface area contributed by atoms with Gasteiger partial charge in [-0.05, 0) is 67.0 Å². The minimum Gasteiger partial charge on any atom is -0.488 e. The predicted octanol–water partition coefficient (Wildman–Crippen LogP) is 5.98. The molecule has 2 aromatic heterocycles. The number of aromatic nitrogens is 1. The number of ketones is 2. The van der Waals surface area contributed by atoms with Crippen LogP contribution in [0.25, 0.3) is 16.5 Å². The molecule has 6 heteroatoms. The zero-order valence-corrected chi connectivity index (χ0v) is 18.4. The second-order valence-electron chi connectivity index (χ2n) is 7.56. The molecule has 1 aliphatic heterocycles. The molecular formula is C24H22ClNO3S. The molecular weight excluding hydrogens is 418 g/mol. The van der Waals surface area contributed by atoms with Gasteiger partial charge >= 0.3 is 0 Å². The number of allylic oxidation sites excluding steroid dienone is 1. The predicted molar refractivity (Wildman–Crippen MR) is 122 cm³/mol. The van der Waals surface area contributed by atoms with E-state index in [1.165, 1.54) is 11.3 Å². The number of hydrogen-bond donors (Lipinski definition) is 0. The largest absolute Gasteiger partial charge is 0.488 e. The molecule has 0 N–H and O–H groups in total. The lowest BCUT2D eigenvalue weighted by molar-refractivity contribution is -0.114. The number of fused-ring (bicyclic) bond motifs is 1. The van der Waals surface area contributed by atoms with Gasteiger partial charge in [-0.25, -0.2) is 0 Å². The van der Waals surface area contributed by atoms with E-state index in [1.807, 2.05) is 54.3 Å². The van der Waals surface area contributed by atoms with Crippen LogP contribution in [0.4, 0.5) is 0 Å². The van der Waals surface area contributed by atoms with Crippen molar-refractivity contribution in [2.45, 2.75) is 32.3 Å². The maximum absolute atomic E-state index is 12.2. The first-order valence-corrected chi connectivity index (χ1v) is 11.0. The monoisotopic (exact) mass is 439 g/mol. The quantitative estimate of drug-likeness (QED) is 0.336. The number of carbonyl (C=O) groups excluding carboxylic acids is 2. The lowest BCUT2D eigenvalue weighted by Gasteiger charge is -2.10. The second-order valence-corrected chi connectivity index (χ2v) is 9.05. The molecule has 0 spiro atoms. The maximum atomic E-state index is 12.2. The van der Waals surface area contributed by atoms with Gasteiger partial charge in [0, 0.05) is 42.7 Å². The summed E-state index contributed by atoms with van der Waals surface area (Å²) >= 11 is 7.94. The van der Waals surface area contributed by atoms with Crippen LogP contribution in [0.2, 0.25) is 5.02 Å². The van der Waals surface area contributed by atoms with E-state index in [4.69, 9.17) is 16.3 Å². The Kier molecular flexibility index (Phi) is 5.93. The normalized spacial score (nSPS) is 15.4. The fraction of sp³-hybridized carbons (Fsp3) is 0.250. The van der Waals surface area contributed by atoms with Crippen molar-refractivity contribution < 1.29 is 14.3 Å². The van der Waals surface area contributed by atoms with Gasteiger partial charge in [0.2, 0.25) is 0 Å². The molecule has 1 aliphatic rings. The molecule has 3 heterocycles. The molecule has 0 fully saturated rings. The number of aryl methyl sites for hydroxylation is 1. The Labute approximate surface area is 184 Å². The van der Waals surface area contributed by atoms with Crippen LogP contribution in [0.3, 0.4) is 0 Å². The Morgan fingerprint density at radius 1 is 1.30 bits per heavy atom. The van der Waals surface area contributed by atoms with Crippen LogP contribution in [0, 0.1) is 0 Å². The van der Waals surface area contributed by atoms with E-state index in [0.717, 1.165) is 32.9 Å². The highest BCUT2D eigenvalue weighted by Gasteiger charge is 2.26. The van der Waals surface area contributed by atoms with Gasteiger partial charge in [0.25, 0.3) is 0 Å². The minimum atomic E-state index is -0.0575. The summed E-state index contributed by atoms with van der Waals surface area (Å²) < 4.78 is 7.97. The first-order chi connectivity index (χ1) is 14.4. The Morgan fingerprint density at radius 2 is 2.13 bits per heavy atom. The van der Waals surface area contributed by atoms with Gasteiger partial charge in [-0.15, -0.1) is 11.3 Å². The van der Waals surface area contributed by atoms with Crippen molar-refractivity contribution in [3.05, 3.63) is 69.8 Å². The lowest BCUT2D eigenvalue weighted by Crippen LogP contribution is -2.14. The number of hydrogen-bond acceptors (Lipinski definition) is 4. The topological polar surface area (TPSA) is 48.3 Å². The SMILES string of the molecule is CC(=O)c1ccc(-c2cc(Cl)c3c(c2)CC(CCC(=O)/C=C/c2ccn(C)c2)O3)s1. The van der Waals surface area contributed by atoms with Crippen LogP contribution in [-0.4, -0.2) is 22.2 Å². The van der Waals surface area contributed by atoms with E-state index in [0.29, 0.717) is 23.6 Å². The zero-order chi connectivity index (χ0) is 21.3. The molecule has 1 aromatic carbocycles. The van der Waals surface area contributed by atoms with Crippen LogP contribution < -0.4 is 4.74 Å². The summed E-state index contributed by atoms with van der Waals surface area (Å²) in [5, 5.41) is 0.568. The molecule has 0 radical (unpaired) electrons. The fourth-order valence-electron chi connectivity index (χ4n) is 3.57. The van der Waals surface area contributed by atoms with Gasteiger partial charge in [-0.2, -0.15) is 0 Å². The highest BCUT2D eigenvalue weighted by Crippen LogP contribution is 2.41. The van der Waals surface area contributed by atoms with Gasteiger partial charge in [-0.3, -0.25) is 9.59 Å². The van der Waals surface area contributed by atoms with Crippen molar-refractivity contribution in [1.82, 2.24) is 4.57 Å². The van der Waals surface area contributed by atoms with Gasteiger partial charge in [-0.1, -0.05) is 11.6 Å². The number of carbonyl (C=O) groups is 2. The van der Waals surface area contributed by atoms with Gasteiger partial charge in [0.05, 0.1) is 9.90 Å². The number of rotatable bonds is 7. The highest BCUT2D eigenvalue weighted by atomic mass is 35.5. The Bertz CT molecular complexity index is 1140. The molecule has 0 aliphatic carbocycles. The first-order valence-electron chi connectivity index (χ1n) is 9.82. The third-order valence-corrected chi connectivity index (χ3v) is 6.64. The second kappa shape index (κ2) is 8.62. The number of benzene rings is 1. The van der Waals surface area contributed by atoms with Crippen molar-refractivity contribution in [3.63, 3.8) is 0 Å². The molecule has 0 saturated carbocycles. The molecule has 4 rings (SSSR count). The number of ether oxygens (including phenoxy) is 1. The van der Waals surface area contributed by atoms with Crippen LogP contribution in [0.1, 0.15) is 40.6 Å². The molecule has 3 aromatic rings. The third-order valence-electron chi connectivity index (χ3n) is 5.12. The summed E-state index contributed by atoms with van der Waals surface area (Å²) in [6.07, 6.45) is 9.13. The molecule has 0 saturated heterocycles. The van der Waals surface area contributed by atoms with Crippen molar-refractivity contribution in [1.29, 1.82) is 0 Å². The van der Waals surface area contributed by atoms with E-state index in [-0.39, 0.29) is 17.7 Å². The smallest absolute Gasteiger partial charge is 0.169 e. The average Bonchev–Trinajstić information content (AvgIpc) is 3.43. The number of thiophene rings is 1. The molecule has 0 amide bonds. The summed E-state index contributed by atoms with van der Waals surface area (Å²) in [6, 6.07) is 9.72. The van der Waals surface area contributed by atoms with Crippen molar-refractivity contribution in [3.8, 4) is 16.2 Å². The fourth-order valence-corrected chi connectivity index (χ4v) is 4.74. The van der Waals surface area contributed by atoms with E-state index in [1.54, 1.807) is 13.0 Å². The molecule has 1 atom stereocenters. The van der Waals surface area contributed by atoms with Gasteiger partial charge in [0.1, 0.15) is 11.9 Å². The standard InChI is InChI=1S/C24H22ClNO3S/c1-15(27)22-7-8-23(30-22)17-11-18-12-20(29-24(18)21(25)13-17)6-5-19(28)4-3-16-9-10-26(2)14-16/h3-4,7-11,13-14,20H,5-6,12H2,1-2H3/b4-3+. The summed E-state index contributed by atoms with van der Waals surface area (Å²) in [5.41, 5.74) is 3.05. The van der Waals surface area contributed by atoms with E-state index in [2.05, 4.69) is 6.07 Å². The van der Waals surface area contributed by atoms with E-state index < -0.39 is 0 Å². The third kappa shape index (κ3) is 4.58. The molecule has 30 heavy (non-hydrogen) atoms. The summed E-state index contributed by atoms with van der Waals surface area (Å²) in [4.78, 5) is 25.5. The molecule has 4 nitrogen and oxygen atoms in total. The molecule has 1 unspecified atom stereocenters. The Morgan fingerprint density at radius 3 is 2.83 bits per heavy atom. The number of nitrogens with zero attached hydrogens (tertiary/aromatic N) is 1. The number of Topliss-reactive ketones (excluding diaryl/α,β-unsaturated/α-hetero) is 1. The van der Waals surface area contributed by atoms with Crippen molar-refractivity contribution >= 4 is 40.6 Å². The molecule has 0 bridgehead atoms. The zero-order valence-electron chi connectivity index (χ0n) is 16.9. The Balaban J connectivity index is 1.39. The van der Waals surface area contributed by atoms with Crippen LogP contribution in [0.5, 0.6) is 5.75 Å². The summed E-state index contributed by atoms with van der Waals surface area (Å²) in [5.74, 6) is 0.856. The highest BCUT2D eigenvalue weighted by molar-refractivity contribution is 7.17. The minimum absolute atomic E-state index is 0.0575. The van der Waals surface area contributed by atoms with Crippen molar-refractivity contribution in [2.75, 3.05) is 0 Å². The number of halogens is 1. The maximum Gasteiger partial charge on any atom is 0.169 e. The summed E-state index contributed by atoms with van der Waals surface area (Å²) in [7, 11) is 1.95. The van der Waals surface area contributed by atoms with Crippen LogP contribution in [0.15, 0.2) is 48.8 Å². The van der Waals surface area contributed by atoms with E-state index in [9.17, 15) is 9.59 Å². The van der Waals surface area contributed by atoms with Crippen molar-refractivity contribution in [2.24, 2.45) is 7.05 Å². The van der Waals surface area contributed by atoms with Crippen LogP contribution >= 0.6 is 22.9 Å². The summed E-state index contributed by atoms with van der Waals surface area (Å²) in [6.45, 7) is 1.57. The molecule has 154 valence electrons. The van der Waals surface area contributed by atoms with Crippen LogP contribution in [-0.2, 0) is 18.3 Å². The Hall–Kier alpha value is -2.63. The van der Waals surface area contributed by atoms with Gasteiger partial charge in [0.15, 0.2) is 11.6 Å². The first kappa shape index (κ1) is 20.6. The lowest BCUT2D eigenvalue weighted by atomic mass is 10.0.